The summed E-state index contributed by atoms with van der Waals surface area (Å²) >= 11 is 0. The zero-order chi connectivity index (χ0) is 25.0. The van der Waals surface area contributed by atoms with Crippen LogP contribution in [0.1, 0.15) is 13.3 Å². The third-order valence-electron chi connectivity index (χ3n) is 6.12. The fourth-order valence-corrected chi connectivity index (χ4v) is 4.49. The summed E-state index contributed by atoms with van der Waals surface area (Å²) < 4.78 is 56.2. The average molecular weight is 492 g/mol. The number of fused-ring (bicyclic) bond motifs is 2. The average Bonchev–Trinajstić information content (AvgIpc) is 3.37. The topological polar surface area (TPSA) is 101 Å². The van der Waals surface area contributed by atoms with Crippen LogP contribution in [0.2, 0.25) is 0 Å². The highest BCUT2D eigenvalue weighted by Gasteiger charge is 2.39. The van der Waals surface area contributed by atoms with Crippen LogP contribution >= 0.6 is 0 Å². The van der Waals surface area contributed by atoms with Crippen LogP contribution in [0.15, 0.2) is 24.4 Å². The van der Waals surface area contributed by atoms with E-state index in [4.69, 9.17) is 0 Å². The van der Waals surface area contributed by atoms with Gasteiger partial charge in [0.1, 0.15) is 23.2 Å². The quantitative estimate of drug-likeness (QED) is 0.410. The Morgan fingerprint density at radius 1 is 1.20 bits per heavy atom. The lowest BCUT2D eigenvalue weighted by atomic mass is 9.91. The molecular formula is C21H24F4N10. The molecular weight excluding hydrogens is 468 g/mol. The van der Waals surface area contributed by atoms with Crippen molar-refractivity contribution in [2.75, 3.05) is 37.8 Å². The first-order valence-electron chi connectivity index (χ1n) is 11.0. The monoisotopic (exact) mass is 492 g/mol. The molecule has 1 aliphatic rings. The third-order valence-corrected chi connectivity index (χ3v) is 6.12. The van der Waals surface area contributed by atoms with Gasteiger partial charge >= 0.3 is 6.18 Å². The molecule has 186 valence electrons. The molecule has 1 fully saturated rings. The number of halogens is 4. The van der Waals surface area contributed by atoms with Gasteiger partial charge in [-0.05, 0) is 38.6 Å². The fraction of sp³-hybridized carbons (Fsp3) is 0.476. The molecule has 14 heteroatoms. The lowest BCUT2D eigenvalue weighted by Crippen LogP contribution is -2.54. The van der Waals surface area contributed by atoms with E-state index in [1.54, 1.807) is 42.9 Å². The molecule has 4 aromatic rings. The lowest BCUT2D eigenvalue weighted by Gasteiger charge is -2.39. The van der Waals surface area contributed by atoms with E-state index in [0.717, 1.165) is 11.2 Å². The van der Waals surface area contributed by atoms with Crippen LogP contribution in [0.3, 0.4) is 0 Å². The second-order valence-electron chi connectivity index (χ2n) is 8.96. The van der Waals surface area contributed by atoms with Crippen molar-refractivity contribution in [3.05, 3.63) is 24.4 Å². The van der Waals surface area contributed by atoms with Gasteiger partial charge < -0.3 is 15.5 Å². The van der Waals surface area contributed by atoms with E-state index in [2.05, 4.69) is 36.0 Å². The molecule has 2 unspecified atom stereocenters. The molecule has 35 heavy (non-hydrogen) atoms. The minimum atomic E-state index is -4.46. The summed E-state index contributed by atoms with van der Waals surface area (Å²) in [5, 5.41) is 18.0. The van der Waals surface area contributed by atoms with E-state index in [9.17, 15) is 13.2 Å². The van der Waals surface area contributed by atoms with Gasteiger partial charge in [-0.3, -0.25) is 0 Å². The molecule has 0 radical (unpaired) electrons. The number of piperidine rings is 1. The predicted molar refractivity (Wildman–Crippen MR) is 122 cm³/mol. The molecule has 0 aromatic carbocycles. The molecule has 2 atom stereocenters. The van der Waals surface area contributed by atoms with Crippen LogP contribution in [0.25, 0.3) is 27.9 Å². The molecule has 10 nitrogen and oxygen atoms in total. The molecule has 0 spiro atoms. The molecule has 1 saturated heterocycles. The van der Waals surface area contributed by atoms with Gasteiger partial charge in [0.05, 0.1) is 11.7 Å². The summed E-state index contributed by atoms with van der Waals surface area (Å²) in [7, 11) is 3.57. The van der Waals surface area contributed by atoms with Crippen molar-refractivity contribution in [1.82, 2.24) is 39.5 Å². The van der Waals surface area contributed by atoms with Crippen molar-refractivity contribution in [2.45, 2.75) is 37.8 Å². The van der Waals surface area contributed by atoms with Gasteiger partial charge in [0.15, 0.2) is 11.5 Å². The number of rotatable bonds is 5. The van der Waals surface area contributed by atoms with Gasteiger partial charge in [-0.15, -0.1) is 10.2 Å². The zero-order valence-electron chi connectivity index (χ0n) is 19.3. The zero-order valence-corrected chi connectivity index (χ0v) is 19.3. The van der Waals surface area contributed by atoms with Gasteiger partial charge in [0.2, 0.25) is 5.95 Å². The number of nitrogens with zero attached hydrogens (tertiary/aromatic N) is 8. The number of likely N-dealkylation sites (tertiary alicyclic amines) is 1. The second kappa shape index (κ2) is 8.29. The van der Waals surface area contributed by atoms with Crippen LogP contribution in [-0.2, 0) is 6.54 Å². The summed E-state index contributed by atoms with van der Waals surface area (Å²) in [6.07, 6.45) is -2.17. The van der Waals surface area contributed by atoms with Gasteiger partial charge in [0.25, 0.3) is 0 Å². The molecule has 1 aliphatic heterocycles. The van der Waals surface area contributed by atoms with Crippen LogP contribution in [-0.4, -0.2) is 84.5 Å². The Morgan fingerprint density at radius 2 is 2.00 bits per heavy atom. The molecule has 0 amide bonds. The Hall–Kier alpha value is -3.55. The number of hydrogen-bond acceptors (Lipinski definition) is 8. The highest BCUT2D eigenvalue weighted by molar-refractivity contribution is 5.89. The number of alkyl halides is 4. The summed E-state index contributed by atoms with van der Waals surface area (Å²) in [6, 6.07) is 4.51. The standard InChI is InChI=1S/C21H24F4N10/c1-20(22)10-33(3)8-7-15(20)28-19-29-17(26-2)16-12(6-9-34(16)31-19)13-4-5-14-18(27-13)35(32-30-14)11-21(23,24)25/h4-6,9,15H,7-8,10-11H2,1-3H3,(H2,26,28,29,31). The predicted octanol–water partition coefficient (Wildman–Crippen LogP) is 2.98. The smallest absolute Gasteiger partial charge is 0.371 e. The number of nitrogens with one attached hydrogen (secondary N) is 2. The third kappa shape index (κ3) is 4.45. The Kier molecular flexibility index (Phi) is 5.49. The molecule has 2 N–H and O–H groups in total. The van der Waals surface area contributed by atoms with Gasteiger partial charge in [-0.1, -0.05) is 5.21 Å². The molecule has 0 saturated carbocycles. The molecule has 5 rings (SSSR count). The summed E-state index contributed by atoms with van der Waals surface area (Å²) in [5.41, 5.74) is 0.417. The maximum absolute atomic E-state index is 15.2. The van der Waals surface area contributed by atoms with Crippen LogP contribution in [0.5, 0.6) is 0 Å². The number of aromatic nitrogens is 7. The molecule has 5 heterocycles. The molecule has 4 aromatic heterocycles. The fourth-order valence-electron chi connectivity index (χ4n) is 4.49. The number of anilines is 2. The van der Waals surface area contributed by atoms with Crippen molar-refractivity contribution in [2.24, 2.45) is 0 Å². The largest absolute Gasteiger partial charge is 0.408 e. The SMILES string of the molecule is CNc1nc(NC2CCN(C)CC2(C)F)nn2ccc(-c3ccc4nnn(CC(F)(F)F)c4n3)c12. The Bertz CT molecular complexity index is 1380. The van der Waals surface area contributed by atoms with Crippen molar-refractivity contribution < 1.29 is 17.6 Å². The van der Waals surface area contributed by atoms with E-state index in [1.165, 1.54) is 0 Å². The summed E-state index contributed by atoms with van der Waals surface area (Å²) in [6.45, 7) is 1.32. The van der Waals surface area contributed by atoms with Crippen LogP contribution in [0.4, 0.5) is 29.3 Å². The molecule has 0 aliphatic carbocycles. The first-order valence-corrected chi connectivity index (χ1v) is 11.0. The second-order valence-corrected chi connectivity index (χ2v) is 8.96. The Morgan fingerprint density at radius 3 is 2.71 bits per heavy atom. The maximum atomic E-state index is 15.2. The van der Waals surface area contributed by atoms with E-state index in [0.29, 0.717) is 35.6 Å². The molecule has 0 bridgehead atoms. The first-order chi connectivity index (χ1) is 16.5. The van der Waals surface area contributed by atoms with Gasteiger partial charge in [-0.2, -0.15) is 18.2 Å². The van der Waals surface area contributed by atoms with Crippen LogP contribution in [0, 0.1) is 0 Å². The Labute approximate surface area is 197 Å². The van der Waals surface area contributed by atoms with Crippen molar-refractivity contribution in [3.63, 3.8) is 0 Å². The normalized spacial score (nSPS) is 21.6. The number of pyridine rings is 1. The van der Waals surface area contributed by atoms with E-state index < -0.39 is 24.4 Å². The highest BCUT2D eigenvalue weighted by Crippen LogP contribution is 2.32. The van der Waals surface area contributed by atoms with E-state index in [-0.39, 0.29) is 17.1 Å². The van der Waals surface area contributed by atoms with E-state index >= 15 is 4.39 Å². The van der Waals surface area contributed by atoms with Gasteiger partial charge in [0, 0.05) is 31.9 Å². The van der Waals surface area contributed by atoms with Crippen molar-refractivity contribution in [3.8, 4) is 11.3 Å². The van der Waals surface area contributed by atoms with Crippen LogP contribution < -0.4 is 10.6 Å². The van der Waals surface area contributed by atoms with E-state index in [1.807, 2.05) is 11.9 Å². The highest BCUT2D eigenvalue weighted by atomic mass is 19.4. The minimum Gasteiger partial charge on any atom is -0.371 e. The lowest BCUT2D eigenvalue weighted by molar-refractivity contribution is -0.142. The summed E-state index contributed by atoms with van der Waals surface area (Å²) in [5.74, 6) is 0.720. The summed E-state index contributed by atoms with van der Waals surface area (Å²) in [4.78, 5) is 10.9. The first kappa shape index (κ1) is 23.2. The number of hydrogen-bond donors (Lipinski definition) is 2. The maximum Gasteiger partial charge on any atom is 0.408 e. The minimum absolute atomic E-state index is 0.0221. The van der Waals surface area contributed by atoms with Crippen molar-refractivity contribution >= 4 is 28.4 Å². The van der Waals surface area contributed by atoms with Gasteiger partial charge in [-0.25, -0.2) is 18.6 Å². The Balaban J connectivity index is 1.52. The van der Waals surface area contributed by atoms with Crippen molar-refractivity contribution in [1.29, 1.82) is 0 Å².